The summed E-state index contributed by atoms with van der Waals surface area (Å²) in [5.41, 5.74) is 0.826. The van der Waals surface area contributed by atoms with Gasteiger partial charge in [0.1, 0.15) is 12.0 Å². The van der Waals surface area contributed by atoms with Gasteiger partial charge in [0.15, 0.2) is 0 Å². The number of halogens is 2. The van der Waals surface area contributed by atoms with Crippen LogP contribution in [0.4, 0.5) is 4.70 Å². The Morgan fingerprint density at radius 3 is 2.19 bits per heavy atom. The van der Waals surface area contributed by atoms with Crippen LogP contribution in [0.2, 0.25) is 0 Å². The molecule has 148 valence electrons. The highest BCUT2D eigenvalue weighted by atomic mass is 79.9. The van der Waals surface area contributed by atoms with Crippen LogP contribution in [0, 0.1) is 0 Å². The van der Waals surface area contributed by atoms with Crippen molar-refractivity contribution in [2.24, 2.45) is 0 Å². The first-order valence-corrected chi connectivity index (χ1v) is 9.18. The van der Waals surface area contributed by atoms with Gasteiger partial charge >= 0.3 is 5.97 Å². The number of carbonyl (C=O) groups excluding carboxylic acids is 1. The van der Waals surface area contributed by atoms with Crippen molar-refractivity contribution in [2.75, 3.05) is 13.7 Å². The van der Waals surface area contributed by atoms with Crippen LogP contribution in [-0.2, 0) is 9.53 Å². The molecule has 0 spiro atoms. The minimum atomic E-state index is -0.572. The van der Waals surface area contributed by atoms with Gasteiger partial charge < -0.3 is 31.3 Å². The first-order chi connectivity index (χ1) is 11.5. The second-order valence-corrected chi connectivity index (χ2v) is 7.88. The number of fused-ring (bicyclic) bond motifs is 2. The van der Waals surface area contributed by atoms with Crippen LogP contribution in [0.5, 0.6) is 0 Å². The van der Waals surface area contributed by atoms with Gasteiger partial charge in [-0.15, -0.1) is 0 Å². The molecule has 0 aliphatic carbocycles. The minimum absolute atomic E-state index is 0. The smallest absolute Gasteiger partial charge is 0.316 e. The van der Waals surface area contributed by atoms with Crippen LogP contribution >= 0.6 is 0 Å². The highest BCUT2D eigenvalue weighted by molar-refractivity contribution is 5.78. The molecule has 0 aromatic heterocycles. The molecule has 26 heavy (non-hydrogen) atoms. The maximum absolute atomic E-state index is 12.6. The minimum Gasteiger partial charge on any atom is -1.00 e. The molecular formula is C20H31BrFNO3. The van der Waals surface area contributed by atoms with Crippen LogP contribution in [-0.4, -0.2) is 53.4 Å². The second kappa shape index (κ2) is 9.29. The Hall–Kier alpha value is -0.980. The van der Waals surface area contributed by atoms with Crippen molar-refractivity contribution in [3.05, 3.63) is 35.9 Å². The molecule has 2 bridgehead atoms. The first-order valence-electron chi connectivity index (χ1n) is 9.18. The van der Waals surface area contributed by atoms with Crippen LogP contribution in [0.1, 0.15) is 51.0 Å². The number of quaternary nitrogens is 1. The van der Waals surface area contributed by atoms with Gasteiger partial charge in [-0.3, -0.25) is 9.50 Å². The Balaban J connectivity index is 0.00000169. The maximum Gasteiger partial charge on any atom is 0.316 e. The molecule has 3 rings (SSSR count). The number of esters is 1. The van der Waals surface area contributed by atoms with E-state index in [0.29, 0.717) is 18.1 Å². The van der Waals surface area contributed by atoms with Crippen LogP contribution in [0.3, 0.4) is 0 Å². The van der Waals surface area contributed by atoms with Gasteiger partial charge in [0.25, 0.3) is 0 Å². The Morgan fingerprint density at radius 1 is 1.19 bits per heavy atom. The summed E-state index contributed by atoms with van der Waals surface area (Å²) >= 11 is 0. The van der Waals surface area contributed by atoms with E-state index in [4.69, 9.17) is 4.74 Å². The van der Waals surface area contributed by atoms with E-state index < -0.39 is 5.92 Å². The lowest BCUT2D eigenvalue weighted by atomic mass is 9.94. The molecule has 1 aromatic carbocycles. The van der Waals surface area contributed by atoms with Crippen molar-refractivity contribution in [2.45, 2.75) is 69.7 Å². The summed E-state index contributed by atoms with van der Waals surface area (Å²) in [6, 6.07) is 11.2. The average molecular weight is 432 g/mol. The van der Waals surface area contributed by atoms with Gasteiger partial charge in [0.2, 0.25) is 0 Å². The van der Waals surface area contributed by atoms with E-state index in [1.54, 1.807) is 0 Å². The summed E-state index contributed by atoms with van der Waals surface area (Å²) < 4.78 is 6.96. The first kappa shape index (κ1) is 23.1. The molecule has 2 fully saturated rings. The lowest BCUT2D eigenvalue weighted by molar-refractivity contribution is -0.968. The third-order valence-electron chi connectivity index (χ3n) is 6.54. The van der Waals surface area contributed by atoms with Crippen molar-refractivity contribution in [1.29, 1.82) is 0 Å². The fourth-order valence-electron chi connectivity index (χ4n) is 4.82. The van der Waals surface area contributed by atoms with Gasteiger partial charge in [-0.1, -0.05) is 30.3 Å². The normalized spacial score (nSPS) is 30.9. The number of aliphatic hydroxyl groups is 1. The molecule has 2 aliphatic heterocycles. The monoisotopic (exact) mass is 431 g/mol. The quantitative estimate of drug-likeness (QED) is 0.527. The molecule has 0 saturated carbocycles. The van der Waals surface area contributed by atoms with Crippen LogP contribution < -0.4 is 17.0 Å². The largest absolute Gasteiger partial charge is 1.00 e. The molecule has 6 heteroatoms. The molecule has 5 atom stereocenters. The molecule has 1 aromatic rings. The number of benzene rings is 1. The molecule has 3 unspecified atom stereocenters. The molecule has 2 aliphatic rings. The Bertz CT molecular complexity index is 570. The van der Waals surface area contributed by atoms with Crippen molar-refractivity contribution in [3.63, 3.8) is 0 Å². The molecule has 4 nitrogen and oxygen atoms in total. The van der Waals surface area contributed by atoms with Crippen LogP contribution in [0.25, 0.3) is 0 Å². The number of piperidine rings is 1. The van der Waals surface area contributed by atoms with E-state index in [1.807, 2.05) is 30.3 Å². The maximum atomic E-state index is 12.6. The zero-order valence-corrected chi connectivity index (χ0v) is 17.4. The summed E-state index contributed by atoms with van der Waals surface area (Å²) in [6.45, 7) is 4.39. The Labute approximate surface area is 166 Å². The predicted octanol–water partition coefficient (Wildman–Crippen LogP) is 0.0106. The summed E-state index contributed by atoms with van der Waals surface area (Å²) in [6.07, 6.45) is 4.36. The molecule has 0 radical (unpaired) electrons. The fourth-order valence-corrected chi connectivity index (χ4v) is 4.82. The second-order valence-electron chi connectivity index (χ2n) is 7.88. The SMILES string of the molecule is CC(C)[N+]1(C)[C@@H]2CC[C@H]1CC(OC(=O)C(CO)c1ccccc1)C2.F.[Br-]. The highest BCUT2D eigenvalue weighted by Crippen LogP contribution is 2.44. The van der Waals surface area contributed by atoms with Gasteiger partial charge in [-0.05, 0) is 19.4 Å². The number of hydrogen-bond acceptors (Lipinski definition) is 3. The summed E-state index contributed by atoms with van der Waals surface area (Å²) in [4.78, 5) is 12.6. The van der Waals surface area contributed by atoms with E-state index in [0.717, 1.165) is 22.9 Å². The topological polar surface area (TPSA) is 46.5 Å². The number of hydrogen-bond donors (Lipinski definition) is 1. The predicted molar refractivity (Wildman–Crippen MR) is 96.0 cm³/mol. The standard InChI is InChI=1S/C20H30NO3.BrH.FH/c1-14(2)21(3)16-9-10-17(21)12-18(11-16)24-20(23)19(13-22)15-7-5-4-6-8-15;;/h4-8,14,16-19,22H,9-13H2,1-3H3;2*1H/q+1;;/p-1/t16-,17+,18?,19?,21?;;. The van der Waals surface area contributed by atoms with Gasteiger partial charge in [0.05, 0.1) is 31.8 Å². The molecule has 1 N–H and O–H groups in total. The van der Waals surface area contributed by atoms with E-state index in [2.05, 4.69) is 20.9 Å². The van der Waals surface area contributed by atoms with Crippen molar-refractivity contribution in [1.82, 2.24) is 0 Å². The molecule has 0 amide bonds. The van der Waals surface area contributed by atoms with Crippen molar-refractivity contribution < 1.29 is 40.8 Å². The Kier molecular flexibility index (Phi) is 8.24. The summed E-state index contributed by atoms with van der Waals surface area (Å²) in [5.74, 6) is -0.856. The average Bonchev–Trinajstić information content (AvgIpc) is 2.74. The molecular weight excluding hydrogens is 401 g/mol. The lowest BCUT2D eigenvalue weighted by Gasteiger charge is -2.49. The van der Waals surface area contributed by atoms with Gasteiger partial charge in [-0.2, -0.15) is 0 Å². The zero-order valence-electron chi connectivity index (χ0n) is 15.8. The van der Waals surface area contributed by atoms with Gasteiger partial charge in [0, 0.05) is 25.7 Å². The highest BCUT2D eigenvalue weighted by Gasteiger charge is 2.53. The number of carbonyl (C=O) groups is 1. The molecule has 2 saturated heterocycles. The van der Waals surface area contributed by atoms with E-state index in [1.165, 1.54) is 12.8 Å². The number of ether oxygens (including phenoxy) is 1. The van der Waals surface area contributed by atoms with Crippen molar-refractivity contribution >= 4 is 5.97 Å². The third kappa shape index (κ3) is 4.12. The Morgan fingerprint density at radius 2 is 1.73 bits per heavy atom. The number of aliphatic hydroxyl groups excluding tert-OH is 1. The number of nitrogens with zero attached hydrogens (tertiary/aromatic N) is 1. The molecule has 2 heterocycles. The van der Waals surface area contributed by atoms with Gasteiger partial charge in [-0.25, -0.2) is 0 Å². The van der Waals surface area contributed by atoms with Crippen LogP contribution in [0.15, 0.2) is 30.3 Å². The van der Waals surface area contributed by atoms with E-state index in [9.17, 15) is 9.90 Å². The van der Waals surface area contributed by atoms with E-state index >= 15 is 0 Å². The zero-order chi connectivity index (χ0) is 17.3. The number of rotatable bonds is 5. The van der Waals surface area contributed by atoms with Crippen molar-refractivity contribution in [3.8, 4) is 0 Å². The van der Waals surface area contributed by atoms with E-state index in [-0.39, 0.29) is 40.4 Å². The lowest BCUT2D eigenvalue weighted by Crippen LogP contribution is -3.00. The third-order valence-corrected chi connectivity index (χ3v) is 6.54. The summed E-state index contributed by atoms with van der Waals surface area (Å²) in [7, 11) is 2.37. The summed E-state index contributed by atoms with van der Waals surface area (Å²) in [5, 5.41) is 9.65. The fraction of sp³-hybridized carbons (Fsp3) is 0.650.